The van der Waals surface area contributed by atoms with E-state index in [2.05, 4.69) is 5.32 Å². The lowest BCUT2D eigenvalue weighted by molar-refractivity contribution is -0.137. The number of rotatable bonds is 8. The van der Waals surface area contributed by atoms with Crippen molar-refractivity contribution in [3.63, 3.8) is 0 Å². The van der Waals surface area contributed by atoms with E-state index in [9.17, 15) is 26.4 Å². The largest absolute Gasteiger partial charge is 0.468 e. The Morgan fingerprint density at radius 3 is 2.41 bits per heavy atom. The molecule has 3 rings (SSSR count). The quantitative estimate of drug-likeness (QED) is 0.542. The number of nitrogens with one attached hydrogen (secondary N) is 1. The molecule has 1 amide bonds. The summed E-state index contributed by atoms with van der Waals surface area (Å²) < 4.78 is 71.0. The van der Waals surface area contributed by atoms with Crippen LogP contribution in [-0.2, 0) is 34.1 Å². The molecule has 0 fully saturated rings. The monoisotopic (exact) mass is 466 g/mol. The van der Waals surface area contributed by atoms with Gasteiger partial charge in [-0.25, -0.2) is 8.42 Å². The van der Waals surface area contributed by atoms with Gasteiger partial charge in [-0.1, -0.05) is 29.8 Å². The standard InChI is InChI=1S/C22H21F3N2O4S/c1-16-7-9-20(10-8-16)32(29,30)27(14-19-6-3-11-31-19)15-21(28)26-13-17-4-2-5-18(12-17)22(23,24)25/h2-12H,13-15H2,1H3,(H,26,28). The maximum absolute atomic E-state index is 13.1. The Morgan fingerprint density at radius 1 is 1.06 bits per heavy atom. The number of carbonyl (C=O) groups excluding carboxylic acids is 1. The van der Waals surface area contributed by atoms with Crippen LogP contribution >= 0.6 is 0 Å². The van der Waals surface area contributed by atoms with Crippen LogP contribution in [-0.4, -0.2) is 25.2 Å². The SMILES string of the molecule is Cc1ccc(S(=O)(=O)N(CC(=O)NCc2cccc(C(F)(F)F)c2)Cc2ccco2)cc1. The summed E-state index contributed by atoms with van der Waals surface area (Å²) in [6.45, 7) is 0.927. The first-order valence-electron chi connectivity index (χ1n) is 9.58. The molecule has 0 unspecified atom stereocenters. The Kier molecular flexibility index (Phi) is 7.05. The predicted molar refractivity (Wildman–Crippen MR) is 111 cm³/mol. The van der Waals surface area contributed by atoms with Crippen molar-refractivity contribution in [3.05, 3.63) is 89.4 Å². The fourth-order valence-electron chi connectivity index (χ4n) is 2.94. The van der Waals surface area contributed by atoms with Gasteiger partial charge in [0, 0.05) is 6.54 Å². The average molecular weight is 466 g/mol. The first-order valence-corrected chi connectivity index (χ1v) is 11.0. The van der Waals surface area contributed by atoms with Crippen molar-refractivity contribution >= 4 is 15.9 Å². The number of hydrogen-bond acceptors (Lipinski definition) is 4. The fourth-order valence-corrected chi connectivity index (χ4v) is 4.30. The van der Waals surface area contributed by atoms with Crippen LogP contribution in [0, 0.1) is 6.92 Å². The molecule has 0 aliphatic heterocycles. The third-order valence-electron chi connectivity index (χ3n) is 4.64. The smallest absolute Gasteiger partial charge is 0.416 e. The summed E-state index contributed by atoms with van der Waals surface area (Å²) in [7, 11) is -4.03. The molecular weight excluding hydrogens is 445 g/mol. The molecule has 0 saturated carbocycles. The molecule has 1 heterocycles. The van der Waals surface area contributed by atoms with E-state index in [1.54, 1.807) is 24.3 Å². The van der Waals surface area contributed by atoms with Gasteiger partial charge < -0.3 is 9.73 Å². The van der Waals surface area contributed by atoms with Gasteiger partial charge in [0.25, 0.3) is 0 Å². The fraction of sp³-hybridized carbons (Fsp3) is 0.227. The molecule has 1 N–H and O–H groups in total. The van der Waals surface area contributed by atoms with E-state index >= 15 is 0 Å². The van der Waals surface area contributed by atoms with Gasteiger partial charge in [0.15, 0.2) is 0 Å². The zero-order valence-corrected chi connectivity index (χ0v) is 17.9. The zero-order chi connectivity index (χ0) is 23.4. The molecular formula is C22H21F3N2O4S. The molecule has 0 radical (unpaired) electrons. The van der Waals surface area contributed by atoms with Crippen LogP contribution in [0.3, 0.4) is 0 Å². The highest BCUT2D eigenvalue weighted by molar-refractivity contribution is 7.89. The summed E-state index contributed by atoms with van der Waals surface area (Å²) in [4.78, 5) is 12.5. The highest BCUT2D eigenvalue weighted by Gasteiger charge is 2.30. The maximum Gasteiger partial charge on any atom is 0.416 e. The summed E-state index contributed by atoms with van der Waals surface area (Å²) in [6, 6.07) is 13.9. The summed E-state index contributed by atoms with van der Waals surface area (Å²) in [5.41, 5.74) is 0.290. The van der Waals surface area contributed by atoms with Crippen LogP contribution in [0.1, 0.15) is 22.5 Å². The molecule has 2 aromatic carbocycles. The molecule has 32 heavy (non-hydrogen) atoms. The molecule has 0 aliphatic rings. The van der Waals surface area contributed by atoms with Crippen molar-refractivity contribution in [3.8, 4) is 0 Å². The third-order valence-corrected chi connectivity index (χ3v) is 6.44. The van der Waals surface area contributed by atoms with Gasteiger partial charge in [-0.15, -0.1) is 0 Å². The third kappa shape index (κ3) is 5.98. The van der Waals surface area contributed by atoms with Gasteiger partial charge in [0.1, 0.15) is 5.76 Å². The van der Waals surface area contributed by atoms with E-state index in [0.717, 1.165) is 22.0 Å². The van der Waals surface area contributed by atoms with Crippen molar-refractivity contribution in [2.24, 2.45) is 0 Å². The van der Waals surface area contributed by atoms with Crippen LogP contribution in [0.15, 0.2) is 76.2 Å². The Labute approximate surface area is 183 Å². The van der Waals surface area contributed by atoms with E-state index in [1.807, 2.05) is 6.92 Å². The molecule has 0 bridgehead atoms. The van der Waals surface area contributed by atoms with E-state index in [-0.39, 0.29) is 23.5 Å². The highest BCUT2D eigenvalue weighted by Crippen LogP contribution is 2.29. The maximum atomic E-state index is 13.1. The second-order valence-electron chi connectivity index (χ2n) is 7.14. The van der Waals surface area contributed by atoms with Crippen molar-refractivity contribution in [2.45, 2.75) is 31.1 Å². The Balaban J connectivity index is 1.75. The van der Waals surface area contributed by atoms with Crippen molar-refractivity contribution in [1.82, 2.24) is 9.62 Å². The van der Waals surface area contributed by atoms with Gasteiger partial charge in [-0.3, -0.25) is 4.79 Å². The van der Waals surface area contributed by atoms with Crippen LogP contribution in [0.4, 0.5) is 13.2 Å². The number of aryl methyl sites for hydroxylation is 1. The Bertz CT molecular complexity index is 1160. The average Bonchev–Trinajstić information content (AvgIpc) is 3.25. The molecule has 10 heteroatoms. The van der Waals surface area contributed by atoms with Crippen molar-refractivity contribution in [1.29, 1.82) is 0 Å². The lowest BCUT2D eigenvalue weighted by Crippen LogP contribution is -2.40. The van der Waals surface area contributed by atoms with E-state index in [4.69, 9.17) is 4.42 Å². The predicted octanol–water partition coefficient (Wildman–Crippen LogP) is 4.11. The number of halogens is 3. The molecule has 0 atom stereocenters. The second kappa shape index (κ2) is 9.58. The number of hydrogen-bond donors (Lipinski definition) is 1. The van der Waals surface area contributed by atoms with Crippen molar-refractivity contribution in [2.75, 3.05) is 6.54 Å². The first-order chi connectivity index (χ1) is 15.1. The molecule has 6 nitrogen and oxygen atoms in total. The van der Waals surface area contributed by atoms with Crippen LogP contribution in [0.2, 0.25) is 0 Å². The topological polar surface area (TPSA) is 79.6 Å². The molecule has 0 spiro atoms. The Hall–Kier alpha value is -3.11. The van der Waals surface area contributed by atoms with E-state index < -0.39 is 34.2 Å². The van der Waals surface area contributed by atoms with Gasteiger partial charge in [0.2, 0.25) is 15.9 Å². The van der Waals surface area contributed by atoms with Crippen molar-refractivity contribution < 1.29 is 30.8 Å². The van der Waals surface area contributed by atoms with Gasteiger partial charge in [-0.2, -0.15) is 17.5 Å². The Morgan fingerprint density at radius 2 is 1.78 bits per heavy atom. The summed E-state index contributed by atoms with van der Waals surface area (Å²) in [5, 5.41) is 2.48. The summed E-state index contributed by atoms with van der Waals surface area (Å²) in [5.74, 6) is -0.323. The number of benzene rings is 2. The number of furan rings is 1. The van der Waals surface area contributed by atoms with E-state index in [1.165, 1.54) is 30.5 Å². The summed E-state index contributed by atoms with van der Waals surface area (Å²) in [6.07, 6.45) is -3.11. The molecule has 0 saturated heterocycles. The minimum Gasteiger partial charge on any atom is -0.468 e. The molecule has 3 aromatic rings. The number of amides is 1. The molecule has 0 aliphatic carbocycles. The normalized spacial score (nSPS) is 12.2. The minimum absolute atomic E-state index is 0.0142. The van der Waals surface area contributed by atoms with Crippen LogP contribution in [0.5, 0.6) is 0 Å². The van der Waals surface area contributed by atoms with E-state index in [0.29, 0.717) is 5.76 Å². The lowest BCUT2D eigenvalue weighted by Gasteiger charge is -2.21. The minimum atomic E-state index is -4.50. The second-order valence-corrected chi connectivity index (χ2v) is 9.08. The number of carbonyl (C=O) groups is 1. The zero-order valence-electron chi connectivity index (χ0n) is 17.1. The number of sulfonamides is 1. The number of alkyl halides is 3. The molecule has 170 valence electrons. The number of nitrogens with zero attached hydrogens (tertiary/aromatic N) is 1. The first kappa shape index (κ1) is 23.6. The lowest BCUT2D eigenvalue weighted by atomic mass is 10.1. The molecule has 1 aromatic heterocycles. The highest BCUT2D eigenvalue weighted by atomic mass is 32.2. The van der Waals surface area contributed by atoms with Crippen LogP contribution in [0.25, 0.3) is 0 Å². The van der Waals surface area contributed by atoms with Gasteiger partial charge in [-0.05, 0) is 48.9 Å². The van der Waals surface area contributed by atoms with Gasteiger partial charge in [0.05, 0.1) is 29.8 Å². The van der Waals surface area contributed by atoms with Crippen LogP contribution < -0.4 is 5.32 Å². The van der Waals surface area contributed by atoms with Gasteiger partial charge >= 0.3 is 6.18 Å². The summed E-state index contributed by atoms with van der Waals surface area (Å²) >= 11 is 0.